The number of fused-ring (bicyclic) bond motifs is 1. The lowest BCUT2D eigenvalue weighted by molar-refractivity contribution is -0.142. The zero-order chi connectivity index (χ0) is 14.5. The molecule has 1 aliphatic carbocycles. The molecule has 1 N–H and O–H groups in total. The largest absolute Gasteiger partial charge is 0.459 e. The molecule has 4 heteroatoms. The molecule has 1 saturated carbocycles. The van der Waals surface area contributed by atoms with Gasteiger partial charge in [-0.25, -0.2) is 4.79 Å². The van der Waals surface area contributed by atoms with Gasteiger partial charge in [0.2, 0.25) is 0 Å². The number of aliphatic hydroxyl groups is 1. The van der Waals surface area contributed by atoms with Crippen molar-refractivity contribution >= 4 is 11.8 Å². The Balaban J connectivity index is 2.19. The summed E-state index contributed by atoms with van der Waals surface area (Å²) in [5.41, 5.74) is 0. The molecule has 4 nitrogen and oxygen atoms in total. The van der Waals surface area contributed by atoms with Crippen LogP contribution >= 0.6 is 0 Å². The Bertz CT molecular complexity index is 461. The van der Waals surface area contributed by atoms with E-state index in [0.29, 0.717) is 19.3 Å². The van der Waals surface area contributed by atoms with Gasteiger partial charge in [-0.15, -0.1) is 0 Å². The van der Waals surface area contributed by atoms with Gasteiger partial charge in [-0.1, -0.05) is 24.3 Å². The third-order valence-electron chi connectivity index (χ3n) is 3.74. The molecule has 20 heavy (non-hydrogen) atoms. The average molecular weight is 276 g/mol. The number of ketones is 1. The molecule has 1 heterocycles. The molecule has 4 atom stereocenters. The number of Topliss-reactive ketones (excluding diaryl/α,β-unsaturated/α-hetero) is 1. The summed E-state index contributed by atoms with van der Waals surface area (Å²) in [4.78, 5) is 23.1. The van der Waals surface area contributed by atoms with Crippen LogP contribution in [-0.2, 0) is 14.3 Å². The minimum absolute atomic E-state index is 0.0287. The summed E-state index contributed by atoms with van der Waals surface area (Å²) in [6.45, 7) is 1.82. The van der Waals surface area contributed by atoms with Gasteiger partial charge in [-0.2, -0.15) is 0 Å². The molecule has 108 valence electrons. The number of carbonyl (C=O) groups is 2. The molecular formula is C16H20O4. The van der Waals surface area contributed by atoms with Crippen molar-refractivity contribution in [1.29, 1.82) is 0 Å². The number of allylic oxidation sites excluding steroid dienone is 3. The van der Waals surface area contributed by atoms with Gasteiger partial charge in [-0.05, 0) is 18.9 Å². The first-order valence-corrected chi connectivity index (χ1v) is 6.98. The lowest BCUT2D eigenvalue weighted by atomic mass is 9.90. The van der Waals surface area contributed by atoms with Crippen LogP contribution in [0.25, 0.3) is 0 Å². The third-order valence-corrected chi connectivity index (χ3v) is 3.74. The number of aliphatic hydroxyl groups excluding tert-OH is 1. The van der Waals surface area contributed by atoms with Crippen LogP contribution in [0.2, 0.25) is 0 Å². The van der Waals surface area contributed by atoms with Crippen LogP contribution in [0.5, 0.6) is 0 Å². The van der Waals surface area contributed by atoms with Crippen molar-refractivity contribution in [3.05, 3.63) is 36.5 Å². The molecule has 0 radical (unpaired) electrons. The van der Waals surface area contributed by atoms with Crippen LogP contribution in [-0.4, -0.2) is 29.1 Å². The standard InChI is InChI=1S/C16H20O4/c1-11-5-3-2-4-6-12-9-13(17)10-14(12)15(18)7-8-16(19)20-11/h2-4,6-8,11-12,14-15,18H,5,9-10H2,1H3/t11-,12+,14+,15+/m0/s1. The van der Waals surface area contributed by atoms with E-state index < -0.39 is 12.1 Å². The van der Waals surface area contributed by atoms with Gasteiger partial charge in [0.1, 0.15) is 11.9 Å². The first-order valence-electron chi connectivity index (χ1n) is 6.98. The number of cyclic esters (lactones) is 1. The molecular weight excluding hydrogens is 256 g/mol. The van der Waals surface area contributed by atoms with E-state index in [1.165, 1.54) is 12.2 Å². The normalized spacial score (nSPS) is 34.9. The number of hydrogen-bond donors (Lipinski definition) is 1. The van der Waals surface area contributed by atoms with E-state index >= 15 is 0 Å². The maximum atomic E-state index is 11.6. The van der Waals surface area contributed by atoms with Crippen molar-refractivity contribution < 1.29 is 19.4 Å². The Morgan fingerprint density at radius 2 is 2.00 bits per heavy atom. The van der Waals surface area contributed by atoms with E-state index in [-0.39, 0.29) is 23.7 Å². The molecule has 0 bridgehead atoms. The van der Waals surface area contributed by atoms with E-state index in [0.717, 1.165) is 0 Å². The lowest BCUT2D eigenvalue weighted by Crippen LogP contribution is -2.21. The van der Waals surface area contributed by atoms with Crippen molar-refractivity contribution in [2.75, 3.05) is 0 Å². The van der Waals surface area contributed by atoms with Crippen molar-refractivity contribution in [1.82, 2.24) is 0 Å². The molecule has 1 fully saturated rings. The summed E-state index contributed by atoms with van der Waals surface area (Å²) >= 11 is 0. The Morgan fingerprint density at radius 1 is 1.20 bits per heavy atom. The fourth-order valence-corrected chi connectivity index (χ4v) is 2.66. The van der Waals surface area contributed by atoms with Gasteiger partial charge in [0.15, 0.2) is 0 Å². The lowest BCUT2D eigenvalue weighted by Gasteiger charge is -2.19. The number of esters is 1. The van der Waals surface area contributed by atoms with Crippen molar-refractivity contribution in [3.63, 3.8) is 0 Å². The van der Waals surface area contributed by atoms with Crippen molar-refractivity contribution in [3.8, 4) is 0 Å². The first-order chi connectivity index (χ1) is 9.56. The summed E-state index contributed by atoms with van der Waals surface area (Å²) in [7, 11) is 0. The Kier molecular flexibility index (Phi) is 4.90. The maximum Gasteiger partial charge on any atom is 0.330 e. The number of hydrogen-bond acceptors (Lipinski definition) is 4. The van der Waals surface area contributed by atoms with Crippen LogP contribution in [0.3, 0.4) is 0 Å². The van der Waals surface area contributed by atoms with Crippen LogP contribution < -0.4 is 0 Å². The van der Waals surface area contributed by atoms with Crippen LogP contribution in [0.1, 0.15) is 26.2 Å². The summed E-state index contributed by atoms with van der Waals surface area (Å²) in [5, 5.41) is 10.1. The minimum atomic E-state index is -0.802. The van der Waals surface area contributed by atoms with E-state index in [9.17, 15) is 14.7 Å². The molecule has 0 spiro atoms. The SMILES string of the molecule is C[C@H]1CC=CC=C[C@@H]2CC(=O)C[C@H]2[C@H](O)C=CC(=O)O1. The highest BCUT2D eigenvalue weighted by Gasteiger charge is 2.35. The molecule has 0 amide bonds. The maximum absolute atomic E-state index is 11.6. The average Bonchev–Trinajstić information content (AvgIpc) is 2.76. The second kappa shape index (κ2) is 6.66. The summed E-state index contributed by atoms with van der Waals surface area (Å²) in [6.07, 6.45) is 10.8. The fourth-order valence-electron chi connectivity index (χ4n) is 2.66. The molecule has 0 unspecified atom stereocenters. The second-order valence-electron chi connectivity index (χ2n) is 5.42. The predicted molar refractivity (Wildman–Crippen MR) is 74.8 cm³/mol. The van der Waals surface area contributed by atoms with Crippen LogP contribution in [0.4, 0.5) is 0 Å². The summed E-state index contributed by atoms with van der Waals surface area (Å²) < 4.78 is 5.17. The van der Waals surface area contributed by atoms with E-state index in [1.807, 2.05) is 31.2 Å². The molecule has 2 aliphatic rings. The van der Waals surface area contributed by atoms with E-state index in [1.54, 1.807) is 0 Å². The Morgan fingerprint density at radius 3 is 2.80 bits per heavy atom. The molecule has 2 rings (SSSR count). The molecule has 1 aliphatic heterocycles. The number of carbonyl (C=O) groups excluding carboxylic acids is 2. The second-order valence-corrected chi connectivity index (χ2v) is 5.42. The van der Waals surface area contributed by atoms with Gasteiger partial charge in [0.25, 0.3) is 0 Å². The van der Waals surface area contributed by atoms with Crippen LogP contribution in [0.15, 0.2) is 36.5 Å². The monoisotopic (exact) mass is 276 g/mol. The highest BCUT2D eigenvalue weighted by atomic mass is 16.5. The quantitative estimate of drug-likeness (QED) is 0.687. The molecule has 0 saturated heterocycles. The highest BCUT2D eigenvalue weighted by molar-refractivity contribution is 5.83. The highest BCUT2D eigenvalue weighted by Crippen LogP contribution is 2.33. The number of rotatable bonds is 0. The van der Waals surface area contributed by atoms with Crippen molar-refractivity contribution in [2.24, 2.45) is 11.8 Å². The van der Waals surface area contributed by atoms with Gasteiger partial charge >= 0.3 is 5.97 Å². The van der Waals surface area contributed by atoms with Gasteiger partial charge in [-0.3, -0.25) is 4.79 Å². The van der Waals surface area contributed by atoms with Gasteiger partial charge < -0.3 is 9.84 Å². The van der Waals surface area contributed by atoms with Crippen LogP contribution in [0, 0.1) is 11.8 Å². The molecule has 0 aromatic rings. The van der Waals surface area contributed by atoms with Gasteiger partial charge in [0.05, 0.1) is 6.10 Å². The third kappa shape index (κ3) is 3.90. The topological polar surface area (TPSA) is 63.6 Å². The first kappa shape index (κ1) is 14.7. The predicted octanol–water partition coefficient (Wildman–Crippen LogP) is 1.95. The molecule has 0 aromatic heterocycles. The summed E-state index contributed by atoms with van der Waals surface area (Å²) in [6, 6.07) is 0. The molecule has 0 aromatic carbocycles. The zero-order valence-corrected chi connectivity index (χ0v) is 11.6. The smallest absolute Gasteiger partial charge is 0.330 e. The summed E-state index contributed by atoms with van der Waals surface area (Å²) in [5.74, 6) is -0.433. The number of ether oxygens (including phenoxy) is 1. The minimum Gasteiger partial charge on any atom is -0.459 e. The van der Waals surface area contributed by atoms with Crippen molar-refractivity contribution in [2.45, 2.75) is 38.4 Å². The van der Waals surface area contributed by atoms with Gasteiger partial charge in [0, 0.05) is 31.3 Å². The van der Waals surface area contributed by atoms with E-state index in [2.05, 4.69) is 0 Å². The fraction of sp³-hybridized carbons (Fsp3) is 0.500. The Labute approximate surface area is 118 Å². The van der Waals surface area contributed by atoms with E-state index in [4.69, 9.17) is 4.74 Å². The Hall–Kier alpha value is -1.68. The zero-order valence-electron chi connectivity index (χ0n) is 11.6.